The molecule has 1 aliphatic carbocycles. The van der Waals surface area contributed by atoms with Crippen molar-refractivity contribution in [2.45, 2.75) is 25.8 Å². The minimum Gasteiger partial charge on any atom is -0.493 e. The van der Waals surface area contributed by atoms with Gasteiger partial charge in [0.15, 0.2) is 18.1 Å². The Hall–Kier alpha value is -2.70. The fourth-order valence-electron chi connectivity index (χ4n) is 2.75. The highest BCUT2D eigenvalue weighted by molar-refractivity contribution is 5.81. The maximum absolute atomic E-state index is 11.9. The van der Waals surface area contributed by atoms with Gasteiger partial charge >= 0.3 is 5.97 Å². The highest BCUT2D eigenvalue weighted by Gasteiger charge is 2.21. The average Bonchev–Trinajstić information content (AvgIpc) is 2.69. The maximum atomic E-state index is 11.9. The monoisotopic (exact) mass is 363 g/mol. The Morgan fingerprint density at radius 1 is 1.08 bits per heavy atom. The number of methoxy groups -OCH3 is 3. The predicted molar refractivity (Wildman–Crippen MR) is 95.4 cm³/mol. The summed E-state index contributed by atoms with van der Waals surface area (Å²) in [6.07, 6.45) is 6.33. The van der Waals surface area contributed by atoms with Gasteiger partial charge in [0.1, 0.15) is 0 Å². The summed E-state index contributed by atoms with van der Waals surface area (Å²) in [7, 11) is 4.58. The summed E-state index contributed by atoms with van der Waals surface area (Å²) in [6.45, 7) is -0.0390. The molecule has 7 heteroatoms. The molecule has 0 aliphatic heterocycles. The van der Waals surface area contributed by atoms with Gasteiger partial charge in [0, 0.05) is 6.54 Å². The molecule has 2 rings (SSSR count). The Balaban J connectivity index is 1.86. The molecule has 0 saturated heterocycles. The number of benzene rings is 1. The number of allylic oxidation sites excluding steroid dienone is 2. The van der Waals surface area contributed by atoms with E-state index in [9.17, 15) is 9.59 Å². The molecule has 0 aromatic heterocycles. The molecular weight excluding hydrogens is 338 g/mol. The van der Waals surface area contributed by atoms with Crippen LogP contribution in [0.15, 0.2) is 24.3 Å². The van der Waals surface area contributed by atoms with Crippen molar-refractivity contribution in [1.82, 2.24) is 5.32 Å². The first kappa shape index (κ1) is 19.6. The summed E-state index contributed by atoms with van der Waals surface area (Å²) in [5.74, 6) is 0.667. The van der Waals surface area contributed by atoms with Crippen molar-refractivity contribution in [2.75, 3.05) is 27.9 Å². The average molecular weight is 363 g/mol. The smallest absolute Gasteiger partial charge is 0.309 e. The van der Waals surface area contributed by atoms with Gasteiger partial charge in [0.05, 0.1) is 27.2 Å². The molecule has 142 valence electrons. The minimum absolute atomic E-state index is 0.150. The number of rotatable bonds is 8. The normalized spacial score (nSPS) is 15.9. The molecular formula is C19H25NO6. The van der Waals surface area contributed by atoms with Crippen molar-refractivity contribution in [3.05, 3.63) is 29.8 Å². The van der Waals surface area contributed by atoms with Crippen LogP contribution < -0.4 is 19.5 Å². The molecule has 0 heterocycles. The van der Waals surface area contributed by atoms with E-state index in [-0.39, 0.29) is 30.9 Å². The molecule has 7 nitrogen and oxygen atoms in total. The van der Waals surface area contributed by atoms with Gasteiger partial charge in [0.25, 0.3) is 5.91 Å². The van der Waals surface area contributed by atoms with Crippen molar-refractivity contribution in [1.29, 1.82) is 0 Å². The Kier molecular flexibility index (Phi) is 7.32. The molecule has 0 saturated carbocycles. The van der Waals surface area contributed by atoms with Gasteiger partial charge in [-0.3, -0.25) is 9.59 Å². The maximum Gasteiger partial charge on any atom is 0.309 e. The third kappa shape index (κ3) is 5.15. The van der Waals surface area contributed by atoms with Crippen LogP contribution in [0, 0.1) is 5.92 Å². The number of esters is 1. The van der Waals surface area contributed by atoms with Crippen molar-refractivity contribution in [3.8, 4) is 17.2 Å². The first-order valence-corrected chi connectivity index (χ1v) is 8.46. The number of nitrogens with one attached hydrogen (secondary N) is 1. The number of hydrogen-bond donors (Lipinski definition) is 1. The molecule has 26 heavy (non-hydrogen) atoms. The van der Waals surface area contributed by atoms with E-state index < -0.39 is 0 Å². The van der Waals surface area contributed by atoms with Crippen LogP contribution in [0.3, 0.4) is 0 Å². The van der Waals surface area contributed by atoms with Gasteiger partial charge in [0.2, 0.25) is 5.75 Å². The van der Waals surface area contributed by atoms with Crippen molar-refractivity contribution in [3.63, 3.8) is 0 Å². The summed E-state index contributed by atoms with van der Waals surface area (Å²) < 4.78 is 20.9. The van der Waals surface area contributed by atoms with Crippen LogP contribution in [0.5, 0.6) is 17.2 Å². The molecule has 0 unspecified atom stereocenters. The van der Waals surface area contributed by atoms with Crippen LogP contribution in [-0.2, 0) is 20.9 Å². The van der Waals surface area contributed by atoms with E-state index >= 15 is 0 Å². The van der Waals surface area contributed by atoms with E-state index in [1.165, 1.54) is 21.3 Å². The van der Waals surface area contributed by atoms with E-state index in [1.807, 2.05) is 12.2 Å². The number of carbonyl (C=O) groups excluding carboxylic acids is 2. The second-order valence-corrected chi connectivity index (χ2v) is 5.90. The van der Waals surface area contributed by atoms with E-state index in [1.54, 1.807) is 12.1 Å². The lowest BCUT2D eigenvalue weighted by Gasteiger charge is -2.16. The zero-order valence-corrected chi connectivity index (χ0v) is 15.4. The molecule has 1 N–H and O–H groups in total. The topological polar surface area (TPSA) is 83.1 Å². The standard InChI is InChI=1S/C19H25NO6/c1-23-15-9-13(10-16(24-2)18(15)25-3)11-20-17(21)12-26-19(22)14-7-5-4-6-8-14/h4-5,9-10,14H,6-8,11-12H2,1-3H3,(H,20,21)/t14-/m1/s1. The quantitative estimate of drug-likeness (QED) is 0.563. The first-order chi connectivity index (χ1) is 12.6. The third-order valence-electron chi connectivity index (χ3n) is 4.16. The predicted octanol–water partition coefficient (Wildman–Crippen LogP) is 2.23. The van der Waals surface area contributed by atoms with Crippen LogP contribution in [0.2, 0.25) is 0 Å². The SMILES string of the molecule is COc1cc(CNC(=O)COC(=O)[C@@H]2CC=CCC2)cc(OC)c1OC. The van der Waals surface area contributed by atoms with Crippen LogP contribution >= 0.6 is 0 Å². The van der Waals surface area contributed by atoms with Crippen molar-refractivity contribution < 1.29 is 28.5 Å². The third-order valence-corrected chi connectivity index (χ3v) is 4.16. The minimum atomic E-state index is -0.363. The lowest BCUT2D eigenvalue weighted by Crippen LogP contribution is -2.30. The van der Waals surface area contributed by atoms with Gasteiger partial charge in [-0.1, -0.05) is 12.2 Å². The lowest BCUT2D eigenvalue weighted by molar-refractivity contribution is -0.152. The summed E-state index contributed by atoms with van der Waals surface area (Å²) in [4.78, 5) is 23.9. The zero-order valence-electron chi connectivity index (χ0n) is 15.4. The van der Waals surface area contributed by atoms with E-state index in [0.717, 1.165) is 18.4 Å². The van der Waals surface area contributed by atoms with Crippen LogP contribution in [0.25, 0.3) is 0 Å². The largest absolute Gasteiger partial charge is 0.493 e. The highest BCUT2D eigenvalue weighted by Crippen LogP contribution is 2.38. The fourth-order valence-corrected chi connectivity index (χ4v) is 2.75. The van der Waals surface area contributed by atoms with Gasteiger partial charge < -0.3 is 24.3 Å². The van der Waals surface area contributed by atoms with Gasteiger partial charge in [-0.25, -0.2) is 0 Å². The molecule has 1 atom stereocenters. The van der Waals surface area contributed by atoms with Crippen molar-refractivity contribution >= 4 is 11.9 Å². The van der Waals surface area contributed by atoms with E-state index in [2.05, 4.69) is 5.32 Å². The van der Waals surface area contributed by atoms with Crippen LogP contribution in [-0.4, -0.2) is 39.8 Å². The van der Waals surface area contributed by atoms with Gasteiger partial charge in [-0.2, -0.15) is 0 Å². The second kappa shape index (κ2) is 9.70. The molecule has 1 aliphatic rings. The Bertz CT molecular complexity index is 645. The molecule has 1 aromatic carbocycles. The number of ether oxygens (including phenoxy) is 4. The lowest BCUT2D eigenvalue weighted by atomic mass is 9.95. The zero-order chi connectivity index (χ0) is 18.9. The molecule has 0 bridgehead atoms. The summed E-state index contributed by atoms with van der Waals surface area (Å²) in [6, 6.07) is 3.50. The Morgan fingerprint density at radius 2 is 1.77 bits per heavy atom. The molecule has 1 amide bonds. The Labute approximate surface area is 153 Å². The number of amides is 1. The van der Waals surface area contributed by atoms with Gasteiger partial charge in [-0.15, -0.1) is 0 Å². The molecule has 1 aromatic rings. The molecule has 0 fully saturated rings. The number of hydrogen-bond acceptors (Lipinski definition) is 6. The van der Waals surface area contributed by atoms with Crippen molar-refractivity contribution in [2.24, 2.45) is 5.92 Å². The summed E-state index contributed by atoms with van der Waals surface area (Å²) in [5, 5.41) is 2.72. The molecule has 0 radical (unpaired) electrons. The summed E-state index contributed by atoms with van der Waals surface area (Å²) in [5.41, 5.74) is 0.775. The van der Waals surface area contributed by atoms with Crippen LogP contribution in [0.1, 0.15) is 24.8 Å². The Morgan fingerprint density at radius 3 is 2.31 bits per heavy atom. The summed E-state index contributed by atoms with van der Waals surface area (Å²) >= 11 is 0. The fraction of sp³-hybridized carbons (Fsp3) is 0.474. The first-order valence-electron chi connectivity index (χ1n) is 8.46. The van der Waals surface area contributed by atoms with Crippen LogP contribution in [0.4, 0.5) is 0 Å². The molecule has 0 spiro atoms. The van der Waals surface area contributed by atoms with E-state index in [0.29, 0.717) is 23.7 Å². The van der Waals surface area contributed by atoms with E-state index in [4.69, 9.17) is 18.9 Å². The van der Waals surface area contributed by atoms with Gasteiger partial charge in [-0.05, 0) is 37.0 Å². The highest BCUT2D eigenvalue weighted by atomic mass is 16.5. The number of carbonyl (C=O) groups is 2. The second-order valence-electron chi connectivity index (χ2n) is 5.90.